The van der Waals surface area contributed by atoms with Crippen molar-refractivity contribution in [3.05, 3.63) is 86.6 Å². The third-order valence-electron chi connectivity index (χ3n) is 4.25. The molecule has 5 nitrogen and oxygen atoms in total. The Labute approximate surface area is 181 Å². The van der Waals surface area contributed by atoms with Crippen molar-refractivity contribution in [2.75, 3.05) is 0 Å². The zero-order valence-corrected chi connectivity index (χ0v) is 16.6. The number of furan rings is 1. The number of rotatable bonds is 3. The van der Waals surface area contributed by atoms with Crippen LogP contribution >= 0.6 is 23.2 Å². The Bertz CT molecular complexity index is 1360. The minimum absolute atomic E-state index is 0.106. The topological polar surface area (TPSA) is 69.7 Å². The lowest BCUT2D eigenvalue weighted by atomic mass is 10.0. The van der Waals surface area contributed by atoms with E-state index in [4.69, 9.17) is 36.8 Å². The van der Waals surface area contributed by atoms with Crippen LogP contribution in [0.15, 0.2) is 68.4 Å². The average Bonchev–Trinajstić information content (AvgIpc) is 3.23. The number of halogens is 5. The van der Waals surface area contributed by atoms with Crippen LogP contribution in [0.3, 0.4) is 0 Å². The summed E-state index contributed by atoms with van der Waals surface area (Å²) in [5, 5.41) is -0.115. The number of esters is 1. The molecular formula is C21H9Cl2F3O5. The number of hydrogen-bond donors (Lipinski definition) is 0. The molecule has 158 valence electrons. The molecule has 0 aliphatic heterocycles. The van der Waals surface area contributed by atoms with Crippen molar-refractivity contribution in [3.63, 3.8) is 0 Å². The highest BCUT2D eigenvalue weighted by Gasteiger charge is 2.40. The van der Waals surface area contributed by atoms with Crippen molar-refractivity contribution in [1.29, 1.82) is 0 Å². The lowest BCUT2D eigenvalue weighted by Gasteiger charge is -2.14. The Balaban J connectivity index is 1.89. The number of hydrogen-bond acceptors (Lipinski definition) is 5. The molecule has 0 aliphatic carbocycles. The second kappa shape index (κ2) is 7.79. The van der Waals surface area contributed by atoms with E-state index in [0.717, 1.165) is 6.07 Å². The maximum Gasteiger partial charge on any atom is 0.450 e. The molecule has 0 atom stereocenters. The Hall–Kier alpha value is -3.23. The molecule has 31 heavy (non-hydrogen) atoms. The summed E-state index contributed by atoms with van der Waals surface area (Å²) in [5.74, 6) is -2.65. The quantitative estimate of drug-likeness (QED) is 0.250. The molecule has 0 amide bonds. The van der Waals surface area contributed by atoms with Crippen molar-refractivity contribution < 1.29 is 31.5 Å². The number of ether oxygens (including phenoxy) is 1. The van der Waals surface area contributed by atoms with Gasteiger partial charge in [0.2, 0.25) is 16.9 Å². The normalized spacial score (nSPS) is 11.6. The maximum atomic E-state index is 13.7. The van der Waals surface area contributed by atoms with E-state index in [1.54, 1.807) is 0 Å². The fourth-order valence-electron chi connectivity index (χ4n) is 2.93. The summed E-state index contributed by atoms with van der Waals surface area (Å²) in [6, 6.07) is 10.0. The molecule has 0 fully saturated rings. The van der Waals surface area contributed by atoms with Crippen LogP contribution in [0.5, 0.6) is 5.75 Å². The Morgan fingerprint density at radius 1 is 1.03 bits per heavy atom. The third kappa shape index (κ3) is 4.04. The van der Waals surface area contributed by atoms with Crippen molar-refractivity contribution >= 4 is 40.1 Å². The van der Waals surface area contributed by atoms with Crippen LogP contribution in [0.1, 0.15) is 16.3 Å². The first-order valence-corrected chi connectivity index (χ1v) is 9.30. The molecule has 10 heteroatoms. The van der Waals surface area contributed by atoms with Gasteiger partial charge in [0.25, 0.3) is 0 Å². The minimum Gasteiger partial charge on any atom is -0.457 e. The van der Waals surface area contributed by atoms with Crippen LogP contribution in [0, 0.1) is 0 Å². The Morgan fingerprint density at radius 3 is 2.45 bits per heavy atom. The third-order valence-corrected chi connectivity index (χ3v) is 4.80. The summed E-state index contributed by atoms with van der Waals surface area (Å²) in [7, 11) is 0. The van der Waals surface area contributed by atoms with Crippen molar-refractivity contribution in [1.82, 2.24) is 0 Å². The van der Waals surface area contributed by atoms with Crippen molar-refractivity contribution in [2.24, 2.45) is 0 Å². The zero-order chi connectivity index (χ0) is 22.3. The highest BCUT2D eigenvalue weighted by Crippen LogP contribution is 2.40. The number of carbonyl (C=O) groups is 1. The van der Waals surface area contributed by atoms with Gasteiger partial charge in [0.05, 0.1) is 22.2 Å². The smallest absolute Gasteiger partial charge is 0.450 e. The summed E-state index contributed by atoms with van der Waals surface area (Å²) in [6.07, 6.45) is -3.75. The van der Waals surface area contributed by atoms with E-state index in [0.29, 0.717) is 0 Å². The molecule has 4 rings (SSSR count). The number of benzene rings is 2. The molecule has 0 spiro atoms. The van der Waals surface area contributed by atoms with Gasteiger partial charge < -0.3 is 13.6 Å². The number of fused-ring (bicyclic) bond motifs is 1. The van der Waals surface area contributed by atoms with Gasteiger partial charge in [-0.15, -0.1) is 0 Å². The SMILES string of the molecule is O=C(Oc1ccc2c(=O)c(-c3ccc(Cl)cc3Cl)c(C(F)(F)F)oc2c1)c1ccco1. The average molecular weight is 469 g/mol. The van der Waals surface area contributed by atoms with Crippen LogP contribution in [0.2, 0.25) is 10.0 Å². The number of alkyl halides is 3. The van der Waals surface area contributed by atoms with Gasteiger partial charge in [0, 0.05) is 16.7 Å². The molecule has 2 heterocycles. The predicted molar refractivity (Wildman–Crippen MR) is 107 cm³/mol. The summed E-state index contributed by atoms with van der Waals surface area (Å²) < 4.78 is 56.3. The van der Waals surface area contributed by atoms with E-state index < -0.39 is 34.5 Å². The van der Waals surface area contributed by atoms with Gasteiger partial charge in [-0.1, -0.05) is 29.3 Å². The summed E-state index contributed by atoms with van der Waals surface area (Å²) in [4.78, 5) is 25.0. The second-order valence-corrected chi connectivity index (χ2v) is 7.13. The molecule has 0 radical (unpaired) electrons. The van der Waals surface area contributed by atoms with Gasteiger partial charge in [-0.2, -0.15) is 13.2 Å². The zero-order valence-electron chi connectivity index (χ0n) is 15.1. The highest BCUT2D eigenvalue weighted by molar-refractivity contribution is 6.36. The van der Waals surface area contributed by atoms with E-state index in [1.807, 2.05) is 0 Å². The van der Waals surface area contributed by atoms with Gasteiger partial charge in [0.15, 0.2) is 0 Å². The monoisotopic (exact) mass is 468 g/mol. The molecule has 0 aliphatic rings. The summed E-state index contributed by atoms with van der Waals surface area (Å²) in [6.45, 7) is 0. The van der Waals surface area contributed by atoms with Gasteiger partial charge in [-0.3, -0.25) is 4.79 Å². The largest absolute Gasteiger partial charge is 0.457 e. The maximum absolute atomic E-state index is 13.7. The first-order chi connectivity index (χ1) is 14.6. The first-order valence-electron chi connectivity index (χ1n) is 8.54. The fourth-order valence-corrected chi connectivity index (χ4v) is 3.43. The van der Waals surface area contributed by atoms with Gasteiger partial charge in [0.1, 0.15) is 11.3 Å². The fraction of sp³-hybridized carbons (Fsp3) is 0.0476. The molecule has 0 saturated heterocycles. The Morgan fingerprint density at radius 2 is 1.81 bits per heavy atom. The van der Waals surface area contributed by atoms with Gasteiger partial charge in [-0.05, 0) is 36.4 Å². The molecule has 0 saturated carbocycles. The molecule has 0 N–H and O–H groups in total. The Kier molecular flexibility index (Phi) is 5.28. The van der Waals surface area contributed by atoms with Crippen molar-refractivity contribution in [2.45, 2.75) is 6.18 Å². The lowest BCUT2D eigenvalue weighted by Crippen LogP contribution is -2.16. The van der Waals surface area contributed by atoms with Crippen molar-refractivity contribution in [3.8, 4) is 16.9 Å². The predicted octanol–water partition coefficient (Wildman–Crippen LogP) is 6.60. The van der Waals surface area contributed by atoms with Crippen LogP contribution < -0.4 is 10.2 Å². The van der Waals surface area contributed by atoms with E-state index in [-0.39, 0.29) is 32.5 Å². The van der Waals surface area contributed by atoms with E-state index in [1.165, 1.54) is 48.7 Å². The van der Waals surface area contributed by atoms with Crippen LogP contribution in [-0.2, 0) is 6.18 Å². The lowest BCUT2D eigenvalue weighted by molar-refractivity contribution is -0.152. The first kappa shape index (κ1) is 21.0. The molecule has 0 bridgehead atoms. The van der Waals surface area contributed by atoms with E-state index in [2.05, 4.69) is 0 Å². The number of carbonyl (C=O) groups excluding carboxylic acids is 1. The minimum atomic E-state index is -5.01. The van der Waals surface area contributed by atoms with Gasteiger partial charge >= 0.3 is 12.1 Å². The van der Waals surface area contributed by atoms with E-state index in [9.17, 15) is 22.8 Å². The summed E-state index contributed by atoms with van der Waals surface area (Å²) >= 11 is 11.9. The van der Waals surface area contributed by atoms with E-state index >= 15 is 0 Å². The molecule has 4 aromatic rings. The standard InChI is InChI=1S/C21H9Cl2F3O5/c22-10-3-5-12(14(23)8-10)17-18(27)13-6-4-11(30-20(28)15-2-1-7-29-15)9-16(13)31-19(17)21(24,25)26/h1-9H. The summed E-state index contributed by atoms with van der Waals surface area (Å²) in [5.41, 5.74) is -2.30. The second-order valence-electron chi connectivity index (χ2n) is 6.28. The van der Waals surface area contributed by atoms with Crippen LogP contribution in [0.25, 0.3) is 22.1 Å². The van der Waals surface area contributed by atoms with Crippen LogP contribution in [0.4, 0.5) is 13.2 Å². The van der Waals surface area contributed by atoms with Crippen LogP contribution in [-0.4, -0.2) is 5.97 Å². The molecule has 2 aromatic carbocycles. The highest BCUT2D eigenvalue weighted by atomic mass is 35.5. The molecular weight excluding hydrogens is 460 g/mol. The molecule has 2 aromatic heterocycles. The molecule has 0 unspecified atom stereocenters. The van der Waals surface area contributed by atoms with Gasteiger partial charge in [-0.25, -0.2) is 4.79 Å².